The van der Waals surface area contributed by atoms with E-state index in [9.17, 15) is 18.0 Å². The Hall–Kier alpha value is -2.71. The number of carbonyl (C=O) groups excluding carboxylic acids is 1. The van der Waals surface area contributed by atoms with Crippen molar-refractivity contribution in [1.29, 1.82) is 0 Å². The molecule has 1 aliphatic carbocycles. The third-order valence-corrected chi connectivity index (χ3v) is 4.51. The van der Waals surface area contributed by atoms with Gasteiger partial charge < -0.3 is 10.6 Å². The summed E-state index contributed by atoms with van der Waals surface area (Å²) in [6.07, 6.45) is 5.29. The molecule has 2 aromatic rings. The topological polar surface area (TPSA) is 79.8 Å². The molecular formula is C18H20F3N5O. The van der Waals surface area contributed by atoms with Crippen molar-refractivity contribution in [3.8, 4) is 0 Å². The zero-order valence-corrected chi connectivity index (χ0v) is 14.6. The average Bonchev–Trinajstić information content (AvgIpc) is 2.67. The lowest BCUT2D eigenvalue weighted by Crippen LogP contribution is -2.22. The minimum absolute atomic E-state index is 0.0909. The van der Waals surface area contributed by atoms with Gasteiger partial charge in [-0.05, 0) is 30.9 Å². The molecule has 144 valence electrons. The van der Waals surface area contributed by atoms with E-state index < -0.39 is 17.8 Å². The Morgan fingerprint density at radius 3 is 2.48 bits per heavy atom. The van der Waals surface area contributed by atoms with Crippen LogP contribution in [-0.2, 0) is 6.18 Å². The Kier molecular flexibility index (Phi) is 5.88. The third-order valence-electron chi connectivity index (χ3n) is 4.51. The fraction of sp³-hybridized carbons (Fsp3) is 0.444. The Balaban J connectivity index is 1.65. The molecule has 0 radical (unpaired) electrons. The van der Waals surface area contributed by atoms with Gasteiger partial charge in [-0.1, -0.05) is 19.3 Å². The normalized spacial score (nSPS) is 15.4. The summed E-state index contributed by atoms with van der Waals surface area (Å²) in [5, 5.41) is 5.68. The van der Waals surface area contributed by atoms with Gasteiger partial charge in [0.2, 0.25) is 0 Å². The number of alkyl halides is 3. The molecular weight excluding hydrogens is 359 g/mol. The summed E-state index contributed by atoms with van der Waals surface area (Å²) in [4.78, 5) is 24.0. The molecule has 1 amide bonds. The van der Waals surface area contributed by atoms with E-state index in [1.165, 1.54) is 31.7 Å². The number of nitrogens with one attached hydrogen (secondary N) is 2. The molecule has 6 nitrogen and oxygen atoms in total. The van der Waals surface area contributed by atoms with Gasteiger partial charge in [0, 0.05) is 18.9 Å². The van der Waals surface area contributed by atoms with Gasteiger partial charge in [0.05, 0.1) is 11.9 Å². The zero-order chi connectivity index (χ0) is 19.3. The van der Waals surface area contributed by atoms with Crippen LogP contribution in [-0.4, -0.2) is 27.4 Å². The standard InChI is InChI=1S/C18H20F3N5O/c19-18(20,21)14-7-6-13(11-24-14)26-17(27)15-16(23-9-8-22-15)25-10-12-4-2-1-3-5-12/h6-9,11-12H,1-5,10H2,(H,23,25)(H,26,27). The Morgan fingerprint density at radius 2 is 1.81 bits per heavy atom. The van der Waals surface area contributed by atoms with Crippen LogP contribution in [0.3, 0.4) is 0 Å². The molecule has 3 rings (SSSR count). The summed E-state index contributed by atoms with van der Waals surface area (Å²) in [7, 11) is 0. The van der Waals surface area contributed by atoms with Crippen molar-refractivity contribution < 1.29 is 18.0 Å². The smallest absolute Gasteiger partial charge is 0.368 e. The average molecular weight is 379 g/mol. The first-order chi connectivity index (χ1) is 12.9. The van der Waals surface area contributed by atoms with E-state index >= 15 is 0 Å². The van der Waals surface area contributed by atoms with Crippen LogP contribution in [0.25, 0.3) is 0 Å². The highest BCUT2D eigenvalue weighted by Crippen LogP contribution is 2.28. The number of halogens is 3. The van der Waals surface area contributed by atoms with Crippen molar-refractivity contribution in [2.24, 2.45) is 5.92 Å². The number of aromatic nitrogens is 3. The molecule has 1 fully saturated rings. The minimum atomic E-state index is -4.52. The SMILES string of the molecule is O=C(Nc1ccc(C(F)(F)F)nc1)c1nccnc1NCC1CCCCC1. The van der Waals surface area contributed by atoms with Crippen molar-refractivity contribution in [3.63, 3.8) is 0 Å². The lowest BCUT2D eigenvalue weighted by molar-refractivity contribution is -0.141. The molecule has 0 spiro atoms. The van der Waals surface area contributed by atoms with Gasteiger partial charge in [-0.25, -0.2) is 15.0 Å². The predicted molar refractivity (Wildman–Crippen MR) is 94.3 cm³/mol. The van der Waals surface area contributed by atoms with Crippen LogP contribution in [0.4, 0.5) is 24.7 Å². The van der Waals surface area contributed by atoms with Crippen LogP contribution in [0.15, 0.2) is 30.7 Å². The highest BCUT2D eigenvalue weighted by atomic mass is 19.4. The number of anilines is 2. The zero-order valence-electron chi connectivity index (χ0n) is 14.6. The minimum Gasteiger partial charge on any atom is -0.368 e. The molecule has 27 heavy (non-hydrogen) atoms. The molecule has 1 saturated carbocycles. The molecule has 0 saturated heterocycles. The molecule has 1 aliphatic rings. The van der Waals surface area contributed by atoms with Gasteiger partial charge in [0.1, 0.15) is 5.69 Å². The number of amides is 1. The second kappa shape index (κ2) is 8.32. The molecule has 0 aliphatic heterocycles. The highest BCUT2D eigenvalue weighted by molar-refractivity contribution is 6.05. The highest BCUT2D eigenvalue weighted by Gasteiger charge is 2.32. The van der Waals surface area contributed by atoms with Crippen molar-refractivity contribution in [1.82, 2.24) is 15.0 Å². The van der Waals surface area contributed by atoms with Crippen LogP contribution in [0.2, 0.25) is 0 Å². The molecule has 2 aromatic heterocycles. The van der Waals surface area contributed by atoms with Gasteiger partial charge in [-0.15, -0.1) is 0 Å². The van der Waals surface area contributed by atoms with E-state index in [4.69, 9.17) is 0 Å². The first-order valence-corrected chi connectivity index (χ1v) is 8.83. The monoisotopic (exact) mass is 379 g/mol. The Morgan fingerprint density at radius 1 is 1.07 bits per heavy atom. The lowest BCUT2D eigenvalue weighted by Gasteiger charge is -2.22. The van der Waals surface area contributed by atoms with Crippen molar-refractivity contribution in [2.45, 2.75) is 38.3 Å². The predicted octanol–water partition coefficient (Wildman–Crippen LogP) is 4.13. The lowest BCUT2D eigenvalue weighted by atomic mass is 9.89. The van der Waals surface area contributed by atoms with Crippen LogP contribution < -0.4 is 10.6 Å². The maximum Gasteiger partial charge on any atom is 0.433 e. The van der Waals surface area contributed by atoms with E-state index in [0.717, 1.165) is 31.2 Å². The molecule has 2 heterocycles. The molecule has 2 N–H and O–H groups in total. The first kappa shape index (κ1) is 19.1. The summed E-state index contributed by atoms with van der Waals surface area (Å²) < 4.78 is 37.7. The van der Waals surface area contributed by atoms with E-state index in [2.05, 4.69) is 25.6 Å². The number of hydrogen-bond acceptors (Lipinski definition) is 5. The maximum absolute atomic E-state index is 12.6. The molecule has 0 aromatic carbocycles. The number of rotatable bonds is 5. The van der Waals surface area contributed by atoms with Crippen molar-refractivity contribution in [3.05, 3.63) is 42.1 Å². The van der Waals surface area contributed by atoms with Crippen molar-refractivity contribution >= 4 is 17.4 Å². The quantitative estimate of drug-likeness (QED) is 0.816. The van der Waals surface area contributed by atoms with E-state index in [-0.39, 0.29) is 11.4 Å². The number of carbonyl (C=O) groups is 1. The van der Waals surface area contributed by atoms with E-state index in [0.29, 0.717) is 18.3 Å². The summed E-state index contributed by atoms with van der Waals surface area (Å²) in [6.45, 7) is 0.709. The molecule has 0 bridgehead atoms. The Labute approximate surface area is 154 Å². The van der Waals surface area contributed by atoms with Gasteiger partial charge in [0.15, 0.2) is 11.5 Å². The van der Waals surface area contributed by atoms with Gasteiger partial charge in [-0.2, -0.15) is 13.2 Å². The fourth-order valence-corrected chi connectivity index (χ4v) is 3.09. The number of hydrogen-bond donors (Lipinski definition) is 2. The van der Waals surface area contributed by atoms with Crippen molar-refractivity contribution in [2.75, 3.05) is 17.2 Å². The van der Waals surface area contributed by atoms with Crippen LogP contribution in [0, 0.1) is 5.92 Å². The van der Waals surface area contributed by atoms with Gasteiger partial charge >= 0.3 is 6.18 Å². The fourth-order valence-electron chi connectivity index (χ4n) is 3.09. The molecule has 0 atom stereocenters. The summed E-state index contributed by atoms with van der Waals surface area (Å²) in [6, 6.07) is 1.97. The maximum atomic E-state index is 12.6. The number of nitrogens with zero attached hydrogens (tertiary/aromatic N) is 3. The second-order valence-electron chi connectivity index (χ2n) is 6.52. The second-order valence-corrected chi connectivity index (χ2v) is 6.52. The van der Waals surface area contributed by atoms with Gasteiger partial charge in [0.25, 0.3) is 5.91 Å². The summed E-state index contributed by atoms with van der Waals surface area (Å²) in [5.74, 6) is 0.340. The van der Waals surface area contributed by atoms with E-state index in [1.807, 2.05) is 0 Å². The van der Waals surface area contributed by atoms with Crippen LogP contribution in [0.5, 0.6) is 0 Å². The Bertz CT molecular complexity index is 773. The summed E-state index contributed by atoms with van der Waals surface area (Å²) in [5.41, 5.74) is -0.778. The first-order valence-electron chi connectivity index (χ1n) is 8.83. The molecule has 9 heteroatoms. The molecule has 0 unspecified atom stereocenters. The van der Waals surface area contributed by atoms with E-state index in [1.54, 1.807) is 0 Å². The third kappa shape index (κ3) is 5.15. The van der Waals surface area contributed by atoms with Crippen LogP contribution >= 0.6 is 0 Å². The summed E-state index contributed by atoms with van der Waals surface area (Å²) >= 11 is 0. The van der Waals surface area contributed by atoms with Crippen LogP contribution in [0.1, 0.15) is 48.3 Å². The number of pyridine rings is 1. The largest absolute Gasteiger partial charge is 0.433 e. The van der Waals surface area contributed by atoms with Gasteiger partial charge in [-0.3, -0.25) is 4.79 Å².